The Morgan fingerprint density at radius 3 is 2.00 bits per heavy atom. The van der Waals surface area contributed by atoms with E-state index in [-0.39, 0.29) is 12.5 Å². The minimum absolute atomic E-state index is 0.237. The molecule has 7 heteroatoms. The standard InChI is InChI=1S/C5H11ClN2O3S/c1-7(2)5(9)4-8(3)12(6,10)11/h4H2,1-3H3. The molecule has 0 spiro atoms. The van der Waals surface area contributed by atoms with Gasteiger partial charge < -0.3 is 4.90 Å². The maximum absolute atomic E-state index is 11.0. The van der Waals surface area contributed by atoms with Gasteiger partial charge in [-0.15, -0.1) is 0 Å². The van der Waals surface area contributed by atoms with E-state index in [1.807, 2.05) is 0 Å². The molecule has 0 aliphatic heterocycles. The highest BCUT2D eigenvalue weighted by atomic mass is 35.7. The quantitative estimate of drug-likeness (QED) is 0.595. The summed E-state index contributed by atoms with van der Waals surface area (Å²) in [6.07, 6.45) is 0. The Kier molecular flexibility index (Phi) is 3.95. The van der Waals surface area contributed by atoms with E-state index in [9.17, 15) is 13.2 Å². The number of rotatable bonds is 3. The minimum atomic E-state index is -3.77. The third-order valence-corrected chi connectivity index (χ3v) is 2.81. The number of likely N-dealkylation sites (N-methyl/N-ethyl adjacent to an activating group) is 2. The number of carbonyl (C=O) groups is 1. The second-order valence-corrected chi connectivity index (χ2v) is 5.10. The van der Waals surface area contributed by atoms with E-state index >= 15 is 0 Å². The Morgan fingerprint density at radius 1 is 1.33 bits per heavy atom. The molecule has 1 amide bonds. The van der Waals surface area contributed by atoms with Crippen molar-refractivity contribution in [3.05, 3.63) is 0 Å². The third-order valence-electron chi connectivity index (χ3n) is 1.23. The summed E-state index contributed by atoms with van der Waals surface area (Å²) in [7, 11) is 5.50. The van der Waals surface area contributed by atoms with Crippen LogP contribution in [0.5, 0.6) is 0 Å². The molecule has 0 saturated heterocycles. The maximum Gasteiger partial charge on any atom is 0.300 e. The molecule has 0 unspecified atom stereocenters. The monoisotopic (exact) mass is 214 g/mol. The van der Waals surface area contributed by atoms with Crippen LogP contribution < -0.4 is 0 Å². The van der Waals surface area contributed by atoms with Crippen LogP contribution in [0.4, 0.5) is 0 Å². The van der Waals surface area contributed by atoms with Gasteiger partial charge in [-0.2, -0.15) is 12.7 Å². The molecular formula is C5H11ClN2O3S. The van der Waals surface area contributed by atoms with Crippen LogP contribution in [-0.2, 0) is 14.0 Å². The van der Waals surface area contributed by atoms with E-state index in [4.69, 9.17) is 10.7 Å². The molecule has 0 N–H and O–H groups in total. The van der Waals surface area contributed by atoms with Crippen molar-refractivity contribution in [1.82, 2.24) is 9.21 Å². The second-order valence-electron chi connectivity index (χ2n) is 2.49. The number of halogens is 1. The summed E-state index contributed by atoms with van der Waals surface area (Å²) in [6, 6.07) is 0. The highest BCUT2D eigenvalue weighted by molar-refractivity contribution is 8.11. The molecule has 0 atom stereocenters. The van der Waals surface area contributed by atoms with Crippen LogP contribution in [-0.4, -0.2) is 51.2 Å². The zero-order valence-electron chi connectivity index (χ0n) is 7.11. The number of nitrogens with zero attached hydrogens (tertiary/aromatic N) is 2. The van der Waals surface area contributed by atoms with Crippen molar-refractivity contribution in [3.63, 3.8) is 0 Å². The average Bonchev–Trinajstić information content (AvgIpc) is 1.85. The molecule has 0 rings (SSSR count). The van der Waals surface area contributed by atoms with Crippen LogP contribution in [0.2, 0.25) is 0 Å². The molecule has 0 radical (unpaired) electrons. The van der Waals surface area contributed by atoms with Gasteiger partial charge in [0, 0.05) is 31.8 Å². The summed E-state index contributed by atoms with van der Waals surface area (Å²) in [6.45, 7) is -0.237. The molecule has 0 aromatic heterocycles. The van der Waals surface area contributed by atoms with Gasteiger partial charge in [0.15, 0.2) is 0 Å². The lowest BCUT2D eigenvalue weighted by molar-refractivity contribution is -0.128. The lowest BCUT2D eigenvalue weighted by Crippen LogP contribution is -2.35. The van der Waals surface area contributed by atoms with Crippen LogP contribution >= 0.6 is 10.7 Å². The average molecular weight is 215 g/mol. The zero-order valence-corrected chi connectivity index (χ0v) is 8.68. The van der Waals surface area contributed by atoms with Gasteiger partial charge in [-0.25, -0.2) is 0 Å². The van der Waals surface area contributed by atoms with E-state index in [2.05, 4.69) is 0 Å². The van der Waals surface area contributed by atoms with Crippen molar-refractivity contribution in [2.45, 2.75) is 0 Å². The Morgan fingerprint density at radius 2 is 1.75 bits per heavy atom. The van der Waals surface area contributed by atoms with Crippen molar-refractivity contribution in [1.29, 1.82) is 0 Å². The summed E-state index contributed by atoms with van der Waals surface area (Å²) in [5, 5.41) is 0. The summed E-state index contributed by atoms with van der Waals surface area (Å²) >= 11 is 0. The van der Waals surface area contributed by atoms with Crippen LogP contribution in [0.3, 0.4) is 0 Å². The Balaban J connectivity index is 4.21. The number of amides is 1. The van der Waals surface area contributed by atoms with Gasteiger partial charge in [-0.05, 0) is 0 Å². The fourth-order valence-electron chi connectivity index (χ4n) is 0.409. The normalized spacial score (nSPS) is 11.8. The zero-order chi connectivity index (χ0) is 9.94. The van der Waals surface area contributed by atoms with Gasteiger partial charge >= 0.3 is 0 Å². The van der Waals surface area contributed by atoms with Crippen LogP contribution in [0.25, 0.3) is 0 Å². The molecule has 0 aliphatic carbocycles. The van der Waals surface area contributed by atoms with Gasteiger partial charge in [-0.1, -0.05) is 0 Å². The molecule has 0 aromatic carbocycles. The SMILES string of the molecule is CN(C)C(=O)CN(C)S(=O)(=O)Cl. The van der Waals surface area contributed by atoms with Crippen molar-refractivity contribution >= 4 is 25.8 Å². The van der Waals surface area contributed by atoms with Gasteiger partial charge in [0.05, 0.1) is 6.54 Å². The summed E-state index contributed by atoms with van der Waals surface area (Å²) in [5.41, 5.74) is 0. The molecule has 0 saturated carbocycles. The smallest absolute Gasteiger partial charge is 0.300 e. The van der Waals surface area contributed by atoms with E-state index in [1.54, 1.807) is 0 Å². The van der Waals surface area contributed by atoms with Crippen molar-refractivity contribution in [2.75, 3.05) is 27.7 Å². The van der Waals surface area contributed by atoms with Crippen molar-refractivity contribution in [2.24, 2.45) is 0 Å². The molecule has 72 valence electrons. The third kappa shape index (κ3) is 3.89. The fourth-order valence-corrected chi connectivity index (χ4v) is 0.820. The minimum Gasteiger partial charge on any atom is -0.348 e. The van der Waals surface area contributed by atoms with Crippen LogP contribution in [0.15, 0.2) is 0 Å². The number of hydrogen-bond acceptors (Lipinski definition) is 3. The molecule has 12 heavy (non-hydrogen) atoms. The van der Waals surface area contributed by atoms with Crippen LogP contribution in [0.1, 0.15) is 0 Å². The highest BCUT2D eigenvalue weighted by Crippen LogP contribution is 2.02. The summed E-state index contributed by atoms with van der Waals surface area (Å²) in [5.74, 6) is -0.318. The first-order valence-electron chi connectivity index (χ1n) is 3.11. The Bertz CT molecular complexity index is 262. The molecule has 5 nitrogen and oxygen atoms in total. The lowest BCUT2D eigenvalue weighted by atomic mass is 10.5. The molecular weight excluding hydrogens is 204 g/mol. The van der Waals surface area contributed by atoms with Gasteiger partial charge in [0.2, 0.25) is 5.91 Å². The predicted octanol–water partition coefficient (Wildman–Crippen LogP) is -0.510. The van der Waals surface area contributed by atoms with Crippen LogP contribution in [0, 0.1) is 0 Å². The van der Waals surface area contributed by atoms with E-state index in [0.29, 0.717) is 0 Å². The molecule has 0 bridgehead atoms. The first kappa shape index (κ1) is 11.7. The van der Waals surface area contributed by atoms with Gasteiger partial charge in [0.1, 0.15) is 0 Å². The maximum atomic E-state index is 11.0. The Labute approximate surface area is 76.4 Å². The second kappa shape index (κ2) is 4.06. The van der Waals surface area contributed by atoms with Gasteiger partial charge in [-0.3, -0.25) is 4.79 Å². The van der Waals surface area contributed by atoms with E-state index < -0.39 is 9.24 Å². The number of carbonyl (C=O) groups excluding carboxylic acids is 1. The summed E-state index contributed by atoms with van der Waals surface area (Å²) < 4.78 is 22.0. The van der Waals surface area contributed by atoms with Gasteiger partial charge in [0.25, 0.3) is 9.24 Å². The molecule has 0 aliphatic rings. The van der Waals surface area contributed by atoms with Crippen molar-refractivity contribution < 1.29 is 13.2 Å². The fraction of sp³-hybridized carbons (Fsp3) is 0.800. The molecule has 0 heterocycles. The first-order chi connectivity index (χ1) is 5.25. The predicted molar refractivity (Wildman–Crippen MR) is 46.1 cm³/mol. The lowest BCUT2D eigenvalue weighted by Gasteiger charge is -2.15. The molecule has 0 fully saturated rings. The summed E-state index contributed by atoms with van der Waals surface area (Å²) in [4.78, 5) is 12.3. The Hall–Kier alpha value is -0.330. The highest BCUT2D eigenvalue weighted by Gasteiger charge is 2.17. The van der Waals surface area contributed by atoms with E-state index in [0.717, 1.165) is 4.31 Å². The van der Waals surface area contributed by atoms with E-state index in [1.165, 1.54) is 26.0 Å². The van der Waals surface area contributed by atoms with Crippen molar-refractivity contribution in [3.8, 4) is 0 Å². The first-order valence-corrected chi connectivity index (χ1v) is 5.38. The largest absolute Gasteiger partial charge is 0.348 e. The number of hydrogen-bond donors (Lipinski definition) is 0. The topological polar surface area (TPSA) is 57.7 Å². The molecule has 0 aromatic rings.